The second-order valence-corrected chi connectivity index (χ2v) is 8.92. The van der Waals surface area contributed by atoms with Crippen molar-refractivity contribution < 1.29 is 14.5 Å². The predicted octanol–water partition coefficient (Wildman–Crippen LogP) is 4.47. The average Bonchev–Trinajstić information content (AvgIpc) is 2.81. The third kappa shape index (κ3) is 4.60. The van der Waals surface area contributed by atoms with E-state index in [1.807, 2.05) is 30.3 Å². The van der Waals surface area contributed by atoms with Gasteiger partial charge in [0.1, 0.15) is 0 Å². The van der Waals surface area contributed by atoms with Crippen LogP contribution in [0.25, 0.3) is 11.3 Å². The molecular weight excluding hydrogens is 424 g/mol. The first kappa shape index (κ1) is 22.2. The lowest BCUT2D eigenvalue weighted by Crippen LogP contribution is -2.55. The number of hydrogen-bond donors (Lipinski definition) is 3. The number of aromatic nitrogens is 3. The van der Waals surface area contributed by atoms with Gasteiger partial charge < -0.3 is 15.2 Å². The zero-order valence-corrected chi connectivity index (χ0v) is 19.2. The lowest BCUT2D eigenvalue weighted by molar-refractivity contribution is -0.759. The SMILES string of the molecule is CCCCCCCSc1n[n+]2c(c(=O)[nH]1)-c1ccccc1N[C@@H]2c1ccc(O)c(OC)c1. The van der Waals surface area contributed by atoms with Crippen molar-refractivity contribution in [3.8, 4) is 22.8 Å². The standard InChI is InChI=1S/C24H28N4O3S/c1-3-4-5-6-9-14-32-24-26-23(30)21-17-10-7-8-11-18(17)25-22(28(21)27-24)16-12-13-19(29)20(15-16)31-2/h7-8,10-13,15,22H,3-6,9,14H2,1-2H3,(H2,26,27,29,30)/p+1/t22-/m0/s1. The van der Waals surface area contributed by atoms with Crippen LogP contribution >= 0.6 is 11.8 Å². The Kier molecular flexibility index (Phi) is 6.99. The number of nitrogens with zero attached hydrogens (tertiary/aromatic N) is 2. The molecule has 8 heteroatoms. The van der Waals surface area contributed by atoms with Crippen molar-refractivity contribution in [3.05, 3.63) is 58.4 Å². The van der Waals surface area contributed by atoms with Gasteiger partial charge in [-0.2, -0.15) is 0 Å². The zero-order chi connectivity index (χ0) is 22.5. The molecule has 168 valence electrons. The summed E-state index contributed by atoms with van der Waals surface area (Å²) in [6.07, 6.45) is 5.59. The predicted molar refractivity (Wildman–Crippen MR) is 126 cm³/mol. The molecule has 0 saturated heterocycles. The number of phenolic OH excluding ortho intramolecular Hbond substituents is 1. The molecule has 3 N–H and O–H groups in total. The fourth-order valence-corrected chi connectivity index (χ4v) is 4.77. The summed E-state index contributed by atoms with van der Waals surface area (Å²) < 4.78 is 7.04. The molecule has 1 atom stereocenters. The van der Waals surface area contributed by atoms with E-state index in [1.54, 1.807) is 28.6 Å². The minimum absolute atomic E-state index is 0.0656. The molecule has 0 radical (unpaired) electrons. The van der Waals surface area contributed by atoms with E-state index in [2.05, 4.69) is 17.2 Å². The van der Waals surface area contributed by atoms with Gasteiger partial charge in [-0.25, -0.2) is 0 Å². The number of para-hydroxylation sites is 1. The minimum atomic E-state index is -0.416. The van der Waals surface area contributed by atoms with E-state index in [-0.39, 0.29) is 11.3 Å². The number of H-pyrrole nitrogens is 1. The van der Waals surface area contributed by atoms with Gasteiger partial charge in [0.2, 0.25) is 5.16 Å². The van der Waals surface area contributed by atoms with Crippen molar-refractivity contribution in [2.45, 2.75) is 50.4 Å². The molecule has 0 saturated carbocycles. The Balaban J connectivity index is 1.69. The van der Waals surface area contributed by atoms with E-state index >= 15 is 0 Å². The molecule has 0 amide bonds. The van der Waals surface area contributed by atoms with Crippen LogP contribution in [-0.2, 0) is 0 Å². The first-order chi connectivity index (χ1) is 15.6. The Labute approximate surface area is 191 Å². The van der Waals surface area contributed by atoms with Crippen molar-refractivity contribution in [1.29, 1.82) is 0 Å². The van der Waals surface area contributed by atoms with E-state index in [0.717, 1.165) is 29.0 Å². The van der Waals surface area contributed by atoms with Crippen LogP contribution in [0.4, 0.5) is 5.69 Å². The summed E-state index contributed by atoms with van der Waals surface area (Å²) in [5, 5.41) is 18.9. The first-order valence-corrected chi connectivity index (χ1v) is 12.0. The van der Waals surface area contributed by atoms with Crippen LogP contribution in [0.5, 0.6) is 11.5 Å². The molecule has 3 aromatic rings. The maximum Gasteiger partial charge on any atom is 0.325 e. The molecular formula is C24H29N4O3S+. The lowest BCUT2D eigenvalue weighted by Gasteiger charge is -2.22. The molecule has 0 fully saturated rings. The summed E-state index contributed by atoms with van der Waals surface area (Å²) >= 11 is 1.57. The first-order valence-electron chi connectivity index (χ1n) is 11.0. The largest absolute Gasteiger partial charge is 0.504 e. The van der Waals surface area contributed by atoms with Crippen LogP contribution in [0.1, 0.15) is 50.8 Å². The highest BCUT2D eigenvalue weighted by atomic mass is 32.2. The molecule has 0 bridgehead atoms. The smallest absolute Gasteiger partial charge is 0.325 e. The fourth-order valence-electron chi connectivity index (χ4n) is 3.92. The number of rotatable bonds is 9. The van der Waals surface area contributed by atoms with Crippen molar-refractivity contribution in [2.24, 2.45) is 0 Å². The Morgan fingerprint density at radius 2 is 1.97 bits per heavy atom. The molecule has 1 aliphatic heterocycles. The summed E-state index contributed by atoms with van der Waals surface area (Å²) in [6.45, 7) is 2.21. The highest BCUT2D eigenvalue weighted by Gasteiger charge is 2.37. The highest BCUT2D eigenvalue weighted by molar-refractivity contribution is 7.99. The number of nitrogens with one attached hydrogen (secondary N) is 2. The van der Waals surface area contributed by atoms with Crippen LogP contribution in [0.2, 0.25) is 0 Å². The Hall–Kier alpha value is -3.00. The van der Waals surface area contributed by atoms with Gasteiger partial charge in [0.15, 0.2) is 11.5 Å². The quantitative estimate of drug-likeness (QED) is 0.252. The molecule has 4 rings (SSSR count). The van der Waals surface area contributed by atoms with Gasteiger partial charge in [0, 0.05) is 16.4 Å². The number of anilines is 1. The number of unbranched alkanes of at least 4 members (excludes halogenated alkanes) is 4. The number of phenols is 1. The van der Waals surface area contributed by atoms with Crippen molar-refractivity contribution >= 4 is 17.4 Å². The average molecular weight is 454 g/mol. The molecule has 0 unspecified atom stereocenters. The van der Waals surface area contributed by atoms with Gasteiger partial charge in [-0.15, -0.1) is 0 Å². The number of methoxy groups -OCH3 is 1. The van der Waals surface area contributed by atoms with E-state index in [0.29, 0.717) is 16.6 Å². The van der Waals surface area contributed by atoms with Gasteiger partial charge in [-0.3, -0.25) is 9.78 Å². The van der Waals surface area contributed by atoms with E-state index < -0.39 is 6.17 Å². The topological polar surface area (TPSA) is 91.1 Å². The van der Waals surface area contributed by atoms with Gasteiger partial charge in [-0.05, 0) is 41.4 Å². The van der Waals surface area contributed by atoms with Gasteiger partial charge in [0.05, 0.1) is 18.4 Å². The number of fused-ring (bicyclic) bond motifs is 3. The molecule has 2 aromatic carbocycles. The summed E-state index contributed by atoms with van der Waals surface area (Å²) in [5.74, 6) is 1.35. The number of aromatic hydroxyl groups is 1. The monoisotopic (exact) mass is 453 g/mol. The number of thioether (sulfide) groups is 1. The summed E-state index contributed by atoms with van der Waals surface area (Å²) in [5.41, 5.74) is 2.82. The van der Waals surface area contributed by atoms with Crippen molar-refractivity contribution in [2.75, 3.05) is 18.2 Å². The van der Waals surface area contributed by atoms with E-state index in [1.165, 1.54) is 32.8 Å². The van der Waals surface area contributed by atoms with Crippen LogP contribution < -0.4 is 20.3 Å². The third-order valence-electron chi connectivity index (χ3n) is 5.59. The number of ether oxygens (including phenoxy) is 1. The molecule has 0 spiro atoms. The second-order valence-electron chi connectivity index (χ2n) is 7.84. The van der Waals surface area contributed by atoms with Crippen LogP contribution in [0.15, 0.2) is 52.4 Å². The fraction of sp³-hybridized carbons (Fsp3) is 0.375. The Bertz CT molecular complexity index is 1150. The summed E-state index contributed by atoms with van der Waals surface area (Å²) in [6, 6.07) is 12.9. The minimum Gasteiger partial charge on any atom is -0.504 e. The highest BCUT2D eigenvalue weighted by Crippen LogP contribution is 2.34. The molecule has 2 heterocycles. The maximum absolute atomic E-state index is 13.2. The lowest BCUT2D eigenvalue weighted by atomic mass is 10.0. The molecule has 7 nitrogen and oxygen atoms in total. The number of aromatic amines is 1. The van der Waals surface area contributed by atoms with E-state index in [4.69, 9.17) is 9.84 Å². The maximum atomic E-state index is 13.2. The van der Waals surface area contributed by atoms with Crippen molar-refractivity contribution in [3.63, 3.8) is 0 Å². The zero-order valence-electron chi connectivity index (χ0n) is 18.4. The van der Waals surface area contributed by atoms with Gasteiger partial charge in [0.25, 0.3) is 6.17 Å². The van der Waals surface area contributed by atoms with Crippen LogP contribution in [-0.4, -0.2) is 28.1 Å². The molecule has 1 aliphatic rings. The second kappa shape index (κ2) is 10.1. The van der Waals surface area contributed by atoms with Gasteiger partial charge >= 0.3 is 11.3 Å². The normalized spacial score (nSPS) is 14.4. The van der Waals surface area contributed by atoms with Crippen LogP contribution in [0, 0.1) is 0 Å². The number of benzene rings is 2. The van der Waals surface area contributed by atoms with Crippen LogP contribution in [0.3, 0.4) is 0 Å². The Morgan fingerprint density at radius 3 is 2.78 bits per heavy atom. The summed E-state index contributed by atoms with van der Waals surface area (Å²) in [4.78, 5) is 16.1. The number of hydrogen-bond acceptors (Lipinski definition) is 6. The Morgan fingerprint density at radius 1 is 1.16 bits per heavy atom. The molecule has 1 aromatic heterocycles. The third-order valence-corrected chi connectivity index (χ3v) is 6.54. The molecule has 0 aliphatic carbocycles. The van der Waals surface area contributed by atoms with E-state index in [9.17, 15) is 9.90 Å². The van der Waals surface area contributed by atoms with Crippen molar-refractivity contribution in [1.82, 2.24) is 10.1 Å². The molecule has 32 heavy (non-hydrogen) atoms. The van der Waals surface area contributed by atoms with Gasteiger partial charge in [-0.1, -0.05) is 56.5 Å². The summed E-state index contributed by atoms with van der Waals surface area (Å²) in [7, 11) is 1.52.